The lowest BCUT2D eigenvalue weighted by Gasteiger charge is -2.14. The lowest BCUT2D eigenvalue weighted by molar-refractivity contribution is -0.0600. The molecule has 0 spiro atoms. The van der Waals surface area contributed by atoms with E-state index < -0.39 is 0 Å². The van der Waals surface area contributed by atoms with Gasteiger partial charge in [-0.2, -0.15) is 0 Å². The first-order valence-electron chi connectivity index (χ1n) is 5.28. The number of aliphatic hydroxyl groups is 1. The molecule has 0 saturated heterocycles. The third-order valence-corrected chi connectivity index (χ3v) is 1.90. The van der Waals surface area contributed by atoms with Crippen molar-refractivity contribution in [3.8, 4) is 0 Å². The molecule has 0 aliphatic carbocycles. The van der Waals surface area contributed by atoms with Gasteiger partial charge in [0.1, 0.15) is 6.79 Å². The van der Waals surface area contributed by atoms with Crippen molar-refractivity contribution in [1.29, 1.82) is 0 Å². The molecule has 0 radical (unpaired) electrons. The van der Waals surface area contributed by atoms with E-state index in [1.807, 2.05) is 31.2 Å². The molecule has 0 aromatic carbocycles. The molecule has 0 aliphatic rings. The highest BCUT2D eigenvalue weighted by molar-refractivity contribution is 5.03. The van der Waals surface area contributed by atoms with E-state index in [1.54, 1.807) is 14.0 Å². The predicted molar refractivity (Wildman–Crippen MR) is 61.6 cm³/mol. The number of allylic oxidation sites excluding steroid dienone is 3. The maximum Gasteiger partial charge on any atom is 0.147 e. The van der Waals surface area contributed by atoms with E-state index in [0.717, 1.165) is 12.8 Å². The van der Waals surface area contributed by atoms with Gasteiger partial charge in [0, 0.05) is 7.11 Å². The second-order valence-electron chi connectivity index (χ2n) is 3.45. The molecule has 2 atom stereocenters. The summed E-state index contributed by atoms with van der Waals surface area (Å²) >= 11 is 0. The highest BCUT2D eigenvalue weighted by atomic mass is 16.7. The molecule has 0 rings (SSSR count). The summed E-state index contributed by atoms with van der Waals surface area (Å²) in [5.74, 6) is 0. The smallest absolute Gasteiger partial charge is 0.147 e. The maximum atomic E-state index is 9.17. The molecule has 3 nitrogen and oxygen atoms in total. The Bertz CT molecular complexity index is 185. The van der Waals surface area contributed by atoms with Gasteiger partial charge in [0.2, 0.25) is 0 Å². The molecule has 88 valence electrons. The van der Waals surface area contributed by atoms with Crippen LogP contribution in [-0.2, 0) is 9.47 Å². The minimum atomic E-state index is -0.284. The summed E-state index contributed by atoms with van der Waals surface area (Å²) in [5, 5.41) is 9.17. The van der Waals surface area contributed by atoms with Gasteiger partial charge in [-0.3, -0.25) is 0 Å². The molecular weight excluding hydrogens is 192 g/mol. The van der Waals surface area contributed by atoms with Crippen LogP contribution in [0.15, 0.2) is 24.3 Å². The molecule has 0 aromatic rings. The number of aliphatic hydroxyl groups excluding tert-OH is 1. The Morgan fingerprint density at radius 2 is 2.00 bits per heavy atom. The van der Waals surface area contributed by atoms with E-state index in [2.05, 4.69) is 0 Å². The summed E-state index contributed by atoms with van der Waals surface area (Å²) in [7, 11) is 1.60. The summed E-state index contributed by atoms with van der Waals surface area (Å²) in [4.78, 5) is 0. The van der Waals surface area contributed by atoms with Gasteiger partial charge in [0.25, 0.3) is 0 Å². The largest absolute Gasteiger partial charge is 0.393 e. The van der Waals surface area contributed by atoms with Gasteiger partial charge >= 0.3 is 0 Å². The van der Waals surface area contributed by atoms with Gasteiger partial charge in [-0.25, -0.2) is 0 Å². The molecule has 0 aliphatic heterocycles. The Balaban J connectivity index is 3.93. The summed E-state index contributed by atoms with van der Waals surface area (Å²) in [6, 6.07) is 0. The molecule has 3 heteroatoms. The van der Waals surface area contributed by atoms with Crippen LogP contribution in [0.5, 0.6) is 0 Å². The second-order valence-corrected chi connectivity index (χ2v) is 3.45. The van der Waals surface area contributed by atoms with E-state index in [9.17, 15) is 5.11 Å². The molecule has 0 fully saturated rings. The third kappa shape index (κ3) is 9.66. The summed E-state index contributed by atoms with van der Waals surface area (Å²) in [6.45, 7) is 4.03. The fourth-order valence-corrected chi connectivity index (χ4v) is 1.10. The number of methoxy groups -OCH3 is 1. The first kappa shape index (κ1) is 14.4. The van der Waals surface area contributed by atoms with Gasteiger partial charge in [0.05, 0.1) is 12.2 Å². The molecule has 1 N–H and O–H groups in total. The van der Waals surface area contributed by atoms with Crippen LogP contribution < -0.4 is 0 Å². The number of rotatable bonds is 8. The highest BCUT2D eigenvalue weighted by Gasteiger charge is 2.06. The van der Waals surface area contributed by atoms with Crippen LogP contribution >= 0.6 is 0 Å². The van der Waals surface area contributed by atoms with Crippen LogP contribution in [0.4, 0.5) is 0 Å². The van der Waals surface area contributed by atoms with E-state index in [1.165, 1.54) is 0 Å². The van der Waals surface area contributed by atoms with Crippen LogP contribution in [0.2, 0.25) is 0 Å². The van der Waals surface area contributed by atoms with Crippen molar-refractivity contribution < 1.29 is 14.6 Å². The molecule has 15 heavy (non-hydrogen) atoms. The highest BCUT2D eigenvalue weighted by Crippen LogP contribution is 2.07. The van der Waals surface area contributed by atoms with Gasteiger partial charge in [-0.05, 0) is 26.7 Å². The molecule has 0 amide bonds. The van der Waals surface area contributed by atoms with Crippen molar-refractivity contribution in [2.24, 2.45) is 0 Å². The van der Waals surface area contributed by atoms with E-state index in [4.69, 9.17) is 9.47 Å². The quantitative estimate of drug-likeness (QED) is 0.497. The van der Waals surface area contributed by atoms with Crippen molar-refractivity contribution in [2.75, 3.05) is 13.9 Å². The van der Waals surface area contributed by atoms with Gasteiger partial charge < -0.3 is 14.6 Å². The summed E-state index contributed by atoms with van der Waals surface area (Å²) in [6.07, 6.45) is 9.09. The Morgan fingerprint density at radius 1 is 1.27 bits per heavy atom. The number of ether oxygens (including phenoxy) is 2. The zero-order valence-electron chi connectivity index (χ0n) is 9.85. The fraction of sp³-hybridized carbons (Fsp3) is 0.667. The standard InChI is InChI=1S/C12H22O3/c1-4-5-6-7-12(15-10-14-3)9-8-11(2)13/h4-7,11-13H,8-10H2,1-3H3/b5-4-,7-6+/t11-,12+/m1/s1. The van der Waals surface area contributed by atoms with Gasteiger partial charge in [-0.1, -0.05) is 24.3 Å². The third-order valence-electron chi connectivity index (χ3n) is 1.90. The van der Waals surface area contributed by atoms with Crippen LogP contribution in [0.1, 0.15) is 26.7 Å². The van der Waals surface area contributed by atoms with Crippen LogP contribution in [0, 0.1) is 0 Å². The van der Waals surface area contributed by atoms with Crippen LogP contribution in [-0.4, -0.2) is 31.2 Å². The fourth-order valence-electron chi connectivity index (χ4n) is 1.10. The molecular formula is C12H22O3. The number of hydrogen-bond acceptors (Lipinski definition) is 3. The second kappa shape index (κ2) is 9.90. The molecule has 0 aromatic heterocycles. The Morgan fingerprint density at radius 3 is 2.53 bits per heavy atom. The van der Waals surface area contributed by atoms with Gasteiger partial charge in [0.15, 0.2) is 0 Å². The Labute approximate surface area is 92.4 Å². The average molecular weight is 214 g/mol. The zero-order valence-corrected chi connectivity index (χ0v) is 9.85. The lowest BCUT2D eigenvalue weighted by Crippen LogP contribution is -2.14. The minimum absolute atomic E-state index is 0.00995. The van der Waals surface area contributed by atoms with Crippen molar-refractivity contribution in [3.05, 3.63) is 24.3 Å². The van der Waals surface area contributed by atoms with Crippen molar-refractivity contribution in [3.63, 3.8) is 0 Å². The minimum Gasteiger partial charge on any atom is -0.393 e. The first-order chi connectivity index (χ1) is 7.20. The van der Waals surface area contributed by atoms with Crippen LogP contribution in [0.25, 0.3) is 0 Å². The zero-order chi connectivity index (χ0) is 11.5. The molecule has 0 unspecified atom stereocenters. The van der Waals surface area contributed by atoms with E-state index in [0.29, 0.717) is 0 Å². The Hall–Kier alpha value is -0.640. The van der Waals surface area contributed by atoms with E-state index >= 15 is 0 Å². The Kier molecular flexibility index (Phi) is 9.48. The molecule has 0 saturated carbocycles. The van der Waals surface area contributed by atoms with Crippen molar-refractivity contribution in [1.82, 2.24) is 0 Å². The summed E-state index contributed by atoms with van der Waals surface area (Å²) in [5.41, 5.74) is 0. The molecule has 0 bridgehead atoms. The normalized spacial score (nSPS) is 16.3. The predicted octanol–water partition coefficient (Wildman–Crippen LogP) is 2.27. The topological polar surface area (TPSA) is 38.7 Å². The summed E-state index contributed by atoms with van der Waals surface area (Å²) < 4.78 is 10.3. The average Bonchev–Trinajstić information content (AvgIpc) is 2.21. The lowest BCUT2D eigenvalue weighted by atomic mass is 10.1. The van der Waals surface area contributed by atoms with Crippen molar-refractivity contribution >= 4 is 0 Å². The SMILES string of the molecule is C/C=C\C=C\[C@@H](CC[C@@H](C)O)OCOC. The van der Waals surface area contributed by atoms with Crippen molar-refractivity contribution in [2.45, 2.75) is 38.9 Å². The number of hydrogen-bond donors (Lipinski definition) is 1. The molecule has 0 heterocycles. The monoisotopic (exact) mass is 214 g/mol. The van der Waals surface area contributed by atoms with Crippen LogP contribution in [0.3, 0.4) is 0 Å². The van der Waals surface area contributed by atoms with E-state index in [-0.39, 0.29) is 19.0 Å². The maximum absolute atomic E-state index is 9.17. The van der Waals surface area contributed by atoms with Gasteiger partial charge in [-0.15, -0.1) is 0 Å². The first-order valence-corrected chi connectivity index (χ1v) is 5.28.